The Morgan fingerprint density at radius 3 is 2.70 bits per heavy atom. The first-order valence-corrected chi connectivity index (χ1v) is 12.4. The lowest BCUT2D eigenvalue weighted by Crippen LogP contribution is -2.57. The quantitative estimate of drug-likeness (QED) is 0.654. The topological polar surface area (TPSA) is 78.7 Å². The van der Waals surface area contributed by atoms with Crippen molar-refractivity contribution < 1.29 is 9.59 Å². The van der Waals surface area contributed by atoms with Crippen LogP contribution in [0.15, 0.2) is 29.6 Å². The summed E-state index contributed by atoms with van der Waals surface area (Å²) in [6.45, 7) is 4.51. The molecule has 162 valence electrons. The van der Waals surface area contributed by atoms with Crippen molar-refractivity contribution in [3.63, 3.8) is 0 Å². The van der Waals surface area contributed by atoms with E-state index < -0.39 is 6.04 Å². The van der Waals surface area contributed by atoms with E-state index in [4.69, 9.17) is 5.73 Å². The number of nitrogens with one attached hydrogen (secondary N) is 1. The number of likely N-dealkylation sites (tertiary alicyclic amines) is 1. The summed E-state index contributed by atoms with van der Waals surface area (Å²) in [6, 6.07) is 8.57. The number of aryl methyl sites for hydroxylation is 1. The minimum Gasteiger partial charge on any atom is -0.353 e. The number of thiophene rings is 2. The van der Waals surface area contributed by atoms with E-state index in [9.17, 15) is 9.59 Å². The van der Waals surface area contributed by atoms with Crippen LogP contribution in [0.3, 0.4) is 0 Å². The molecule has 1 aliphatic heterocycles. The largest absolute Gasteiger partial charge is 0.353 e. The molecular weight excluding hydrogens is 416 g/mol. The molecule has 1 saturated carbocycles. The van der Waals surface area contributed by atoms with Crippen molar-refractivity contribution in [1.29, 1.82) is 0 Å². The summed E-state index contributed by atoms with van der Waals surface area (Å²) in [4.78, 5) is 33.8. The molecule has 2 atom stereocenters. The third-order valence-corrected chi connectivity index (χ3v) is 7.78. The van der Waals surface area contributed by atoms with Crippen molar-refractivity contribution in [3.05, 3.63) is 44.3 Å². The van der Waals surface area contributed by atoms with E-state index in [1.807, 2.05) is 28.8 Å². The molecule has 1 aliphatic carbocycles. The second-order valence-corrected chi connectivity index (χ2v) is 10.5. The molecule has 0 spiro atoms. The van der Waals surface area contributed by atoms with Gasteiger partial charge in [0.2, 0.25) is 5.91 Å². The van der Waals surface area contributed by atoms with Gasteiger partial charge in [-0.15, -0.1) is 22.7 Å². The molecule has 4 rings (SSSR count). The molecule has 2 aromatic rings. The Labute approximate surface area is 186 Å². The average Bonchev–Trinajstić information content (AvgIpc) is 3.27. The lowest BCUT2D eigenvalue weighted by atomic mass is 9.94. The van der Waals surface area contributed by atoms with Gasteiger partial charge in [0.25, 0.3) is 5.91 Å². The number of carbonyl (C=O) groups is 2. The molecule has 2 amide bonds. The highest BCUT2D eigenvalue weighted by Gasteiger charge is 2.42. The van der Waals surface area contributed by atoms with Crippen LogP contribution in [0.2, 0.25) is 0 Å². The Morgan fingerprint density at radius 1 is 1.23 bits per heavy atom. The van der Waals surface area contributed by atoms with Crippen molar-refractivity contribution in [2.24, 2.45) is 5.73 Å². The second-order valence-electron chi connectivity index (χ2n) is 8.17. The third kappa shape index (κ3) is 4.94. The SMILES string of the molecule is Cc1ccc(CN(C2CC2)C2CCN(C(=O)c3cccs3)[C@@H](C(=O)NCCN)C2)s1. The average molecular weight is 447 g/mol. The maximum absolute atomic E-state index is 13.1. The number of hydrogen-bond donors (Lipinski definition) is 2. The van der Waals surface area contributed by atoms with Crippen LogP contribution >= 0.6 is 22.7 Å². The molecule has 0 bridgehead atoms. The number of carbonyl (C=O) groups excluding carboxylic acids is 2. The van der Waals surface area contributed by atoms with Crippen LogP contribution < -0.4 is 11.1 Å². The van der Waals surface area contributed by atoms with Crippen LogP contribution in [-0.4, -0.2) is 59.4 Å². The smallest absolute Gasteiger partial charge is 0.264 e. The van der Waals surface area contributed by atoms with E-state index in [-0.39, 0.29) is 11.8 Å². The predicted octanol–water partition coefficient (Wildman–Crippen LogP) is 2.83. The summed E-state index contributed by atoms with van der Waals surface area (Å²) in [6.07, 6.45) is 4.03. The fraction of sp³-hybridized carbons (Fsp3) is 0.545. The van der Waals surface area contributed by atoms with Crippen LogP contribution in [0.4, 0.5) is 0 Å². The summed E-state index contributed by atoms with van der Waals surface area (Å²) < 4.78 is 0. The van der Waals surface area contributed by atoms with Gasteiger partial charge in [0.15, 0.2) is 0 Å². The molecule has 6 nitrogen and oxygen atoms in total. The molecule has 0 radical (unpaired) electrons. The summed E-state index contributed by atoms with van der Waals surface area (Å²) in [5.74, 6) is -0.124. The molecule has 2 fully saturated rings. The first kappa shape index (κ1) is 21.5. The van der Waals surface area contributed by atoms with Gasteiger partial charge in [0.05, 0.1) is 4.88 Å². The molecule has 2 aromatic heterocycles. The first-order valence-electron chi connectivity index (χ1n) is 10.7. The number of rotatable bonds is 8. The molecule has 3 heterocycles. The fourth-order valence-electron chi connectivity index (χ4n) is 4.31. The zero-order valence-electron chi connectivity index (χ0n) is 17.4. The van der Waals surface area contributed by atoms with Crippen LogP contribution in [0.5, 0.6) is 0 Å². The van der Waals surface area contributed by atoms with E-state index >= 15 is 0 Å². The Morgan fingerprint density at radius 2 is 2.07 bits per heavy atom. The van der Waals surface area contributed by atoms with E-state index in [1.54, 1.807) is 4.90 Å². The van der Waals surface area contributed by atoms with Gasteiger partial charge < -0.3 is 16.0 Å². The van der Waals surface area contributed by atoms with Crippen LogP contribution in [0, 0.1) is 6.92 Å². The standard InChI is InChI=1S/C22H30N4O2S2/c1-15-4-7-18(30-15)14-26(16-5-6-16)17-8-11-25(22(28)20-3-2-12-29-20)19(13-17)21(27)24-10-9-23/h2-4,7,12,16-17,19H,5-6,8-11,13-14,23H2,1H3,(H,24,27)/t17?,19-/m1/s1. The zero-order valence-corrected chi connectivity index (χ0v) is 19.0. The molecule has 1 unspecified atom stereocenters. The number of hydrogen-bond acceptors (Lipinski definition) is 6. The van der Waals surface area contributed by atoms with Gasteiger partial charge in [0.1, 0.15) is 6.04 Å². The monoisotopic (exact) mass is 446 g/mol. The van der Waals surface area contributed by atoms with E-state index in [0.29, 0.717) is 43.0 Å². The number of nitrogens with two attached hydrogens (primary N) is 1. The van der Waals surface area contributed by atoms with E-state index in [2.05, 4.69) is 29.3 Å². The normalized spacial score (nSPS) is 21.8. The Balaban J connectivity index is 1.51. The van der Waals surface area contributed by atoms with Crippen LogP contribution in [-0.2, 0) is 11.3 Å². The summed E-state index contributed by atoms with van der Waals surface area (Å²) >= 11 is 3.28. The lowest BCUT2D eigenvalue weighted by Gasteiger charge is -2.43. The number of piperidine rings is 1. The Bertz CT molecular complexity index is 862. The molecule has 8 heteroatoms. The summed E-state index contributed by atoms with van der Waals surface area (Å²) in [5.41, 5.74) is 5.59. The maximum Gasteiger partial charge on any atom is 0.264 e. The molecular formula is C22H30N4O2S2. The molecule has 1 saturated heterocycles. The Kier molecular flexibility index (Phi) is 6.87. The third-order valence-electron chi connectivity index (χ3n) is 5.93. The van der Waals surface area contributed by atoms with Crippen LogP contribution in [0.25, 0.3) is 0 Å². The minimum atomic E-state index is -0.448. The van der Waals surface area contributed by atoms with Gasteiger partial charge >= 0.3 is 0 Å². The molecule has 30 heavy (non-hydrogen) atoms. The van der Waals surface area contributed by atoms with Gasteiger partial charge in [-0.3, -0.25) is 14.5 Å². The van der Waals surface area contributed by atoms with Gasteiger partial charge in [-0.05, 0) is 56.2 Å². The van der Waals surface area contributed by atoms with Crippen molar-refractivity contribution in [2.75, 3.05) is 19.6 Å². The van der Waals surface area contributed by atoms with Crippen molar-refractivity contribution in [1.82, 2.24) is 15.1 Å². The van der Waals surface area contributed by atoms with Crippen LogP contribution in [0.1, 0.15) is 45.1 Å². The molecule has 0 aromatic carbocycles. The van der Waals surface area contributed by atoms with Crippen molar-refractivity contribution in [3.8, 4) is 0 Å². The minimum absolute atomic E-state index is 0.0387. The number of amides is 2. The highest BCUT2D eigenvalue weighted by Crippen LogP contribution is 2.36. The van der Waals surface area contributed by atoms with Crippen molar-refractivity contribution in [2.45, 2.75) is 57.3 Å². The number of nitrogens with zero attached hydrogens (tertiary/aromatic N) is 2. The van der Waals surface area contributed by atoms with Gasteiger partial charge in [-0.2, -0.15) is 0 Å². The fourth-order valence-corrected chi connectivity index (χ4v) is 5.89. The van der Waals surface area contributed by atoms with Gasteiger partial charge in [-0.25, -0.2) is 0 Å². The van der Waals surface area contributed by atoms with Gasteiger partial charge in [-0.1, -0.05) is 6.07 Å². The lowest BCUT2D eigenvalue weighted by molar-refractivity contribution is -0.127. The second kappa shape index (κ2) is 9.60. The summed E-state index contributed by atoms with van der Waals surface area (Å²) in [7, 11) is 0. The molecule has 2 aliphatic rings. The Hall–Kier alpha value is -1.74. The highest BCUT2D eigenvalue weighted by atomic mass is 32.1. The van der Waals surface area contributed by atoms with E-state index in [1.165, 1.54) is 33.9 Å². The van der Waals surface area contributed by atoms with Gasteiger partial charge in [0, 0.05) is 48.0 Å². The maximum atomic E-state index is 13.1. The predicted molar refractivity (Wildman–Crippen MR) is 122 cm³/mol. The van der Waals surface area contributed by atoms with E-state index in [0.717, 1.165) is 13.0 Å². The zero-order chi connectivity index (χ0) is 21.1. The van der Waals surface area contributed by atoms with Crippen molar-refractivity contribution >= 4 is 34.5 Å². The first-order chi connectivity index (χ1) is 14.6. The highest BCUT2D eigenvalue weighted by molar-refractivity contribution is 7.12. The molecule has 3 N–H and O–H groups in total. The summed E-state index contributed by atoms with van der Waals surface area (Å²) in [5, 5.41) is 4.82.